The first-order chi connectivity index (χ1) is 16.9. The fraction of sp³-hybridized carbons (Fsp3) is 0.370. The molecule has 1 heterocycles. The molecule has 1 aliphatic carbocycles. The summed E-state index contributed by atoms with van der Waals surface area (Å²) in [6.07, 6.45) is 0.721. The van der Waals surface area contributed by atoms with E-state index < -0.39 is 17.6 Å². The number of benzene rings is 2. The molecule has 8 heteroatoms. The molecule has 4 rings (SSSR count). The van der Waals surface area contributed by atoms with Crippen LogP contribution in [-0.4, -0.2) is 66.8 Å². The quantitative estimate of drug-likeness (QED) is 0.555. The second-order valence-corrected chi connectivity index (χ2v) is 9.09. The van der Waals surface area contributed by atoms with Crippen LogP contribution >= 0.6 is 0 Å². The summed E-state index contributed by atoms with van der Waals surface area (Å²) in [5.74, 6) is 2.76. The predicted molar refractivity (Wildman–Crippen MR) is 131 cm³/mol. The molecule has 35 heavy (non-hydrogen) atoms. The van der Waals surface area contributed by atoms with Crippen molar-refractivity contribution in [3.8, 4) is 23.0 Å². The number of nitrogens with zero attached hydrogens (tertiary/aromatic N) is 1. The van der Waals surface area contributed by atoms with E-state index in [2.05, 4.69) is 45.7 Å². The van der Waals surface area contributed by atoms with Crippen molar-refractivity contribution in [1.82, 2.24) is 15.5 Å². The number of rotatable bonds is 6. The number of hydrogen-bond donors (Lipinski definition) is 3. The third kappa shape index (κ3) is 5.81. The molecule has 3 N–H and O–H groups in total. The van der Waals surface area contributed by atoms with Gasteiger partial charge in [0.1, 0.15) is 6.61 Å². The third-order valence-electron chi connectivity index (χ3n) is 6.72. The van der Waals surface area contributed by atoms with Crippen molar-refractivity contribution in [3.63, 3.8) is 0 Å². The van der Waals surface area contributed by atoms with Gasteiger partial charge in [0.2, 0.25) is 5.91 Å². The molecule has 0 saturated carbocycles. The van der Waals surface area contributed by atoms with E-state index >= 15 is 0 Å². The number of alkyl carbamates (subject to hydrolysis) is 1. The number of likely N-dealkylation sites (tertiary alicyclic amines) is 1. The van der Waals surface area contributed by atoms with Crippen LogP contribution in [0.25, 0.3) is 11.1 Å². The molecule has 0 aromatic heterocycles. The van der Waals surface area contributed by atoms with E-state index in [0.29, 0.717) is 12.8 Å². The molecule has 0 spiro atoms. The van der Waals surface area contributed by atoms with Crippen molar-refractivity contribution in [2.75, 3.05) is 33.3 Å². The molecule has 0 bridgehead atoms. The van der Waals surface area contributed by atoms with Crippen LogP contribution in [-0.2, 0) is 14.3 Å². The van der Waals surface area contributed by atoms with Crippen LogP contribution in [0.3, 0.4) is 0 Å². The normalized spacial score (nSPS) is 16.3. The predicted octanol–water partition coefficient (Wildman–Crippen LogP) is 2.58. The molecule has 2 amide bonds. The van der Waals surface area contributed by atoms with Crippen molar-refractivity contribution in [2.24, 2.45) is 0 Å². The molecule has 2 aromatic carbocycles. The molecule has 1 aliphatic heterocycles. The highest BCUT2D eigenvalue weighted by Crippen LogP contribution is 2.44. The molecule has 2 aromatic rings. The van der Waals surface area contributed by atoms with Crippen LogP contribution in [0.15, 0.2) is 48.5 Å². The van der Waals surface area contributed by atoms with Crippen LogP contribution in [0.1, 0.15) is 36.3 Å². The van der Waals surface area contributed by atoms with Gasteiger partial charge < -0.3 is 25.4 Å². The summed E-state index contributed by atoms with van der Waals surface area (Å²) < 4.78 is 5.72. The number of carbonyl (C=O) groups is 3. The third-order valence-corrected chi connectivity index (χ3v) is 6.72. The minimum atomic E-state index is -1.25. The zero-order valence-corrected chi connectivity index (χ0v) is 19.7. The molecule has 8 nitrogen and oxygen atoms in total. The van der Waals surface area contributed by atoms with Gasteiger partial charge in [-0.3, -0.25) is 4.79 Å². The largest absolute Gasteiger partial charge is 0.472 e. The van der Waals surface area contributed by atoms with E-state index in [1.54, 1.807) is 0 Å². The Kier molecular flexibility index (Phi) is 7.37. The minimum Gasteiger partial charge on any atom is -0.472 e. The Balaban J connectivity index is 1.40. The lowest BCUT2D eigenvalue weighted by Crippen LogP contribution is -2.56. The molecule has 0 radical (unpaired) electrons. The summed E-state index contributed by atoms with van der Waals surface area (Å²) in [5, 5.41) is 14.2. The SMILES string of the molecule is CN1CCC(CC(=O)NCC#CC(=O)O)(NC(=O)OCC2c3ccccc3-c3ccccc32)CC1. The van der Waals surface area contributed by atoms with Gasteiger partial charge in [0.15, 0.2) is 0 Å². The summed E-state index contributed by atoms with van der Waals surface area (Å²) >= 11 is 0. The number of ether oxygens (including phenoxy) is 1. The van der Waals surface area contributed by atoms with E-state index in [9.17, 15) is 14.4 Å². The second kappa shape index (κ2) is 10.6. The fourth-order valence-electron chi connectivity index (χ4n) is 4.88. The lowest BCUT2D eigenvalue weighted by Gasteiger charge is -2.40. The Labute approximate surface area is 204 Å². The first kappa shape index (κ1) is 24.3. The minimum absolute atomic E-state index is 0.0438. The average Bonchev–Trinajstić information content (AvgIpc) is 3.16. The lowest BCUT2D eigenvalue weighted by atomic mass is 9.84. The van der Waals surface area contributed by atoms with Gasteiger partial charge in [-0.2, -0.15) is 0 Å². The second-order valence-electron chi connectivity index (χ2n) is 9.09. The van der Waals surface area contributed by atoms with Gasteiger partial charge in [-0.1, -0.05) is 54.5 Å². The van der Waals surface area contributed by atoms with E-state index in [-0.39, 0.29) is 31.4 Å². The molecule has 0 atom stereocenters. The summed E-state index contributed by atoms with van der Waals surface area (Å²) in [7, 11) is 2.00. The summed E-state index contributed by atoms with van der Waals surface area (Å²) in [5.41, 5.74) is 3.85. The molecule has 1 fully saturated rings. The average molecular weight is 476 g/mol. The molecular weight excluding hydrogens is 446 g/mol. The first-order valence-corrected chi connectivity index (χ1v) is 11.7. The van der Waals surface area contributed by atoms with Crippen molar-refractivity contribution in [2.45, 2.75) is 30.7 Å². The highest BCUT2D eigenvalue weighted by Gasteiger charge is 2.38. The zero-order valence-electron chi connectivity index (χ0n) is 19.7. The number of aliphatic carboxylic acids is 1. The number of fused-ring (bicyclic) bond motifs is 3. The number of amides is 2. The summed E-state index contributed by atoms with van der Waals surface area (Å²) in [4.78, 5) is 38.1. The Bertz CT molecular complexity index is 1130. The smallest absolute Gasteiger partial charge is 0.407 e. The standard InChI is InChI=1S/C27H29N3O5/c1-30-15-12-27(13-16-30,17-24(31)28-14-6-11-25(32)33)29-26(34)35-18-23-21-9-4-2-7-19(21)20-8-3-5-10-22(20)23/h2-5,7-10,23H,12-18H2,1H3,(H,28,31)(H,29,34)(H,32,33). The number of hydrogen-bond acceptors (Lipinski definition) is 5. The molecule has 2 aliphatic rings. The number of nitrogens with one attached hydrogen (secondary N) is 2. The number of carboxylic acids is 1. The van der Waals surface area contributed by atoms with Crippen LogP contribution in [0, 0.1) is 11.8 Å². The molecule has 1 saturated heterocycles. The van der Waals surface area contributed by atoms with Gasteiger partial charge in [-0.15, -0.1) is 0 Å². The summed E-state index contributed by atoms with van der Waals surface area (Å²) in [6, 6.07) is 16.3. The highest BCUT2D eigenvalue weighted by molar-refractivity contribution is 5.86. The highest BCUT2D eigenvalue weighted by atomic mass is 16.5. The molecule has 182 valence electrons. The van der Waals surface area contributed by atoms with E-state index in [1.807, 2.05) is 37.2 Å². The van der Waals surface area contributed by atoms with Crippen LogP contribution < -0.4 is 10.6 Å². The monoisotopic (exact) mass is 475 g/mol. The van der Waals surface area contributed by atoms with Crippen molar-refractivity contribution in [3.05, 3.63) is 59.7 Å². The van der Waals surface area contributed by atoms with E-state index in [4.69, 9.17) is 9.84 Å². The van der Waals surface area contributed by atoms with E-state index in [1.165, 1.54) is 0 Å². The fourth-order valence-corrected chi connectivity index (χ4v) is 4.88. The zero-order chi connectivity index (χ0) is 24.8. The van der Waals surface area contributed by atoms with Gasteiger partial charge in [0, 0.05) is 31.3 Å². The molecule has 0 unspecified atom stereocenters. The lowest BCUT2D eigenvalue weighted by molar-refractivity contribution is -0.130. The molecular formula is C27H29N3O5. The maximum atomic E-state index is 12.9. The van der Waals surface area contributed by atoms with Crippen molar-refractivity contribution in [1.29, 1.82) is 0 Å². The maximum Gasteiger partial charge on any atom is 0.407 e. The van der Waals surface area contributed by atoms with Gasteiger partial charge in [-0.05, 0) is 42.1 Å². The van der Waals surface area contributed by atoms with Crippen molar-refractivity contribution >= 4 is 18.0 Å². The van der Waals surface area contributed by atoms with Crippen LogP contribution in [0.2, 0.25) is 0 Å². The van der Waals surface area contributed by atoms with Gasteiger partial charge in [0.25, 0.3) is 0 Å². The summed E-state index contributed by atoms with van der Waals surface area (Å²) in [6.45, 7) is 1.60. The van der Waals surface area contributed by atoms with Crippen LogP contribution in [0.4, 0.5) is 4.79 Å². The Morgan fingerprint density at radius 1 is 1.06 bits per heavy atom. The Morgan fingerprint density at radius 3 is 2.26 bits per heavy atom. The Morgan fingerprint density at radius 2 is 1.66 bits per heavy atom. The van der Waals surface area contributed by atoms with Gasteiger partial charge in [0.05, 0.1) is 12.1 Å². The Hall–Kier alpha value is -3.83. The van der Waals surface area contributed by atoms with Gasteiger partial charge >= 0.3 is 12.1 Å². The van der Waals surface area contributed by atoms with Gasteiger partial charge in [-0.25, -0.2) is 9.59 Å². The topological polar surface area (TPSA) is 108 Å². The van der Waals surface area contributed by atoms with Crippen LogP contribution in [0.5, 0.6) is 0 Å². The number of carbonyl (C=O) groups excluding carboxylic acids is 2. The maximum absolute atomic E-state index is 12.9. The number of carboxylic acid groups (broad SMARTS) is 1. The van der Waals surface area contributed by atoms with E-state index in [0.717, 1.165) is 35.3 Å². The number of piperidine rings is 1. The first-order valence-electron chi connectivity index (χ1n) is 11.7. The van der Waals surface area contributed by atoms with Crippen molar-refractivity contribution < 1.29 is 24.2 Å².